The van der Waals surface area contributed by atoms with Crippen LogP contribution in [-0.2, 0) is 0 Å². The van der Waals surface area contributed by atoms with Gasteiger partial charge in [-0.25, -0.2) is 0 Å². The van der Waals surface area contributed by atoms with Crippen LogP contribution >= 0.6 is 0 Å². The summed E-state index contributed by atoms with van der Waals surface area (Å²) in [5, 5.41) is 3.53. The number of nitrogens with zero attached hydrogens (tertiary/aromatic N) is 1. The van der Waals surface area contributed by atoms with Gasteiger partial charge in [0, 0.05) is 5.92 Å². The predicted molar refractivity (Wildman–Crippen MR) is 55.3 cm³/mol. The number of hydrazone groups is 1. The number of hydrogen-bond donors (Lipinski definition) is 2. The average molecular weight is 177 g/mol. The maximum Gasteiger partial charge on any atom is 0.126 e. The zero-order valence-corrected chi connectivity index (χ0v) is 7.77. The molecule has 0 aliphatic heterocycles. The molecule has 0 spiro atoms. The van der Waals surface area contributed by atoms with Crippen LogP contribution in [0.1, 0.15) is 24.8 Å². The van der Waals surface area contributed by atoms with Crippen LogP contribution in [0.25, 0.3) is 0 Å². The molecule has 0 aliphatic rings. The summed E-state index contributed by atoms with van der Waals surface area (Å²) in [6, 6.07) is 10.0. The lowest BCUT2D eigenvalue weighted by Gasteiger charge is -2.13. The van der Waals surface area contributed by atoms with Gasteiger partial charge in [-0.05, 0) is 12.0 Å². The van der Waals surface area contributed by atoms with Crippen molar-refractivity contribution in [2.45, 2.75) is 19.3 Å². The van der Waals surface area contributed by atoms with Crippen LogP contribution in [0.4, 0.5) is 0 Å². The summed E-state index contributed by atoms with van der Waals surface area (Å²) in [6.45, 7) is 2.07. The number of rotatable bonds is 3. The molecular formula is C10H15N3. The lowest BCUT2D eigenvalue weighted by atomic mass is 9.96. The van der Waals surface area contributed by atoms with Crippen molar-refractivity contribution in [2.24, 2.45) is 16.7 Å². The third kappa shape index (κ3) is 2.21. The molecule has 0 bridgehead atoms. The monoisotopic (exact) mass is 177 g/mol. The van der Waals surface area contributed by atoms with E-state index in [-0.39, 0.29) is 5.92 Å². The smallest absolute Gasteiger partial charge is 0.126 e. The minimum Gasteiger partial charge on any atom is -0.385 e. The average Bonchev–Trinajstić information content (AvgIpc) is 2.20. The number of amidine groups is 1. The molecule has 0 aromatic heterocycles. The molecule has 0 saturated heterocycles. The predicted octanol–water partition coefficient (Wildman–Crippen LogP) is 1.41. The second kappa shape index (κ2) is 4.50. The molecule has 1 atom stereocenters. The first-order chi connectivity index (χ1) is 6.29. The fourth-order valence-corrected chi connectivity index (χ4v) is 1.39. The molecule has 1 unspecified atom stereocenters. The largest absolute Gasteiger partial charge is 0.385 e. The number of benzene rings is 1. The summed E-state index contributed by atoms with van der Waals surface area (Å²) in [5.41, 5.74) is 6.85. The molecule has 0 fully saturated rings. The van der Waals surface area contributed by atoms with Gasteiger partial charge in [0.1, 0.15) is 5.84 Å². The van der Waals surface area contributed by atoms with E-state index in [9.17, 15) is 0 Å². The number of hydrogen-bond acceptors (Lipinski definition) is 2. The van der Waals surface area contributed by atoms with Crippen molar-refractivity contribution in [3.63, 3.8) is 0 Å². The summed E-state index contributed by atoms with van der Waals surface area (Å²) >= 11 is 0. The van der Waals surface area contributed by atoms with Crippen molar-refractivity contribution >= 4 is 5.84 Å². The molecule has 3 nitrogen and oxygen atoms in total. The fourth-order valence-electron chi connectivity index (χ4n) is 1.39. The minimum absolute atomic E-state index is 0.145. The van der Waals surface area contributed by atoms with E-state index in [1.54, 1.807) is 0 Å². The second-order valence-electron chi connectivity index (χ2n) is 2.93. The van der Waals surface area contributed by atoms with E-state index in [4.69, 9.17) is 11.6 Å². The van der Waals surface area contributed by atoms with Gasteiger partial charge in [0.15, 0.2) is 0 Å². The van der Waals surface area contributed by atoms with Crippen molar-refractivity contribution in [3.05, 3.63) is 35.9 Å². The maximum absolute atomic E-state index is 5.68. The molecule has 0 heterocycles. The number of nitrogens with two attached hydrogens (primary N) is 2. The van der Waals surface area contributed by atoms with Gasteiger partial charge >= 0.3 is 0 Å². The van der Waals surface area contributed by atoms with E-state index < -0.39 is 0 Å². The van der Waals surface area contributed by atoms with Crippen molar-refractivity contribution in [3.8, 4) is 0 Å². The van der Waals surface area contributed by atoms with Crippen LogP contribution in [-0.4, -0.2) is 5.84 Å². The van der Waals surface area contributed by atoms with Crippen LogP contribution in [0.5, 0.6) is 0 Å². The Labute approximate surface area is 78.4 Å². The standard InChI is InChI=1S/C10H15N3/c1-2-9(10(11)13-12)8-6-4-3-5-7-8/h3-7,9H,2,12H2,1H3,(H2,11,13). The first kappa shape index (κ1) is 9.58. The Morgan fingerprint density at radius 2 is 2.00 bits per heavy atom. The van der Waals surface area contributed by atoms with Crippen molar-refractivity contribution in [1.82, 2.24) is 0 Å². The van der Waals surface area contributed by atoms with E-state index >= 15 is 0 Å². The van der Waals surface area contributed by atoms with Gasteiger partial charge in [0.05, 0.1) is 0 Å². The van der Waals surface area contributed by atoms with Crippen molar-refractivity contribution in [2.75, 3.05) is 0 Å². The summed E-state index contributed by atoms with van der Waals surface area (Å²) in [4.78, 5) is 0. The molecule has 1 aromatic carbocycles. The SMILES string of the molecule is CCC(/C(N)=N/N)c1ccccc1. The molecule has 0 amide bonds. The molecule has 13 heavy (non-hydrogen) atoms. The maximum atomic E-state index is 5.68. The van der Waals surface area contributed by atoms with Crippen LogP contribution in [0.3, 0.4) is 0 Å². The van der Waals surface area contributed by atoms with Gasteiger partial charge < -0.3 is 11.6 Å². The van der Waals surface area contributed by atoms with Crippen LogP contribution in [0.15, 0.2) is 35.4 Å². The van der Waals surface area contributed by atoms with Crippen LogP contribution in [0, 0.1) is 0 Å². The van der Waals surface area contributed by atoms with Gasteiger partial charge in [0.25, 0.3) is 0 Å². The second-order valence-corrected chi connectivity index (χ2v) is 2.93. The van der Waals surface area contributed by atoms with E-state index in [1.807, 2.05) is 30.3 Å². The summed E-state index contributed by atoms with van der Waals surface area (Å²) < 4.78 is 0. The van der Waals surface area contributed by atoms with Crippen LogP contribution < -0.4 is 11.6 Å². The van der Waals surface area contributed by atoms with E-state index in [0.29, 0.717) is 5.84 Å². The fraction of sp³-hybridized carbons (Fsp3) is 0.300. The highest BCUT2D eigenvalue weighted by atomic mass is 15.2. The minimum atomic E-state index is 0.145. The van der Waals surface area contributed by atoms with Gasteiger partial charge in [-0.3, -0.25) is 0 Å². The first-order valence-corrected chi connectivity index (χ1v) is 4.37. The Hall–Kier alpha value is -1.51. The van der Waals surface area contributed by atoms with Crippen molar-refractivity contribution in [1.29, 1.82) is 0 Å². The van der Waals surface area contributed by atoms with Crippen molar-refractivity contribution < 1.29 is 0 Å². The zero-order valence-electron chi connectivity index (χ0n) is 7.77. The van der Waals surface area contributed by atoms with Gasteiger partial charge in [-0.2, -0.15) is 5.10 Å². The molecule has 0 radical (unpaired) electrons. The highest BCUT2D eigenvalue weighted by Gasteiger charge is 2.12. The lowest BCUT2D eigenvalue weighted by molar-refractivity contribution is 0.830. The Balaban J connectivity index is 2.91. The molecule has 0 aliphatic carbocycles. The van der Waals surface area contributed by atoms with E-state index in [0.717, 1.165) is 12.0 Å². The summed E-state index contributed by atoms with van der Waals surface area (Å²) in [5.74, 6) is 5.79. The Morgan fingerprint density at radius 3 is 2.46 bits per heavy atom. The lowest BCUT2D eigenvalue weighted by Crippen LogP contribution is -2.23. The Bertz CT molecular complexity index is 279. The molecule has 1 aromatic rings. The Morgan fingerprint density at radius 1 is 1.38 bits per heavy atom. The highest BCUT2D eigenvalue weighted by molar-refractivity contribution is 5.87. The molecule has 1 rings (SSSR count). The summed E-state index contributed by atoms with van der Waals surface area (Å²) in [6.07, 6.45) is 0.913. The summed E-state index contributed by atoms with van der Waals surface area (Å²) in [7, 11) is 0. The normalized spacial score (nSPS) is 14.1. The third-order valence-corrected chi connectivity index (χ3v) is 2.12. The highest BCUT2D eigenvalue weighted by Crippen LogP contribution is 2.18. The quantitative estimate of drug-likeness (QED) is 0.317. The van der Waals surface area contributed by atoms with Gasteiger partial charge in [-0.1, -0.05) is 37.3 Å². The first-order valence-electron chi connectivity index (χ1n) is 4.37. The Kier molecular flexibility index (Phi) is 3.31. The van der Waals surface area contributed by atoms with E-state index in [2.05, 4.69) is 12.0 Å². The van der Waals surface area contributed by atoms with E-state index in [1.165, 1.54) is 0 Å². The molecule has 4 N–H and O–H groups in total. The van der Waals surface area contributed by atoms with Gasteiger partial charge in [0.2, 0.25) is 0 Å². The molecule has 0 saturated carbocycles. The zero-order chi connectivity index (χ0) is 9.68. The molecule has 3 heteroatoms. The van der Waals surface area contributed by atoms with Crippen LogP contribution in [0.2, 0.25) is 0 Å². The third-order valence-electron chi connectivity index (χ3n) is 2.12. The van der Waals surface area contributed by atoms with Gasteiger partial charge in [-0.15, -0.1) is 0 Å². The topological polar surface area (TPSA) is 64.4 Å². The molecular weight excluding hydrogens is 162 g/mol. The molecule has 70 valence electrons.